The molecule has 2 unspecified atom stereocenters. The molecule has 1 aliphatic rings. The fourth-order valence-electron chi connectivity index (χ4n) is 2.19. The van der Waals surface area contributed by atoms with E-state index in [4.69, 9.17) is 16.3 Å². The summed E-state index contributed by atoms with van der Waals surface area (Å²) in [6.07, 6.45) is 0.906. The van der Waals surface area contributed by atoms with E-state index >= 15 is 0 Å². The van der Waals surface area contributed by atoms with E-state index in [1.807, 2.05) is 24.3 Å². The Morgan fingerprint density at radius 1 is 1.50 bits per heavy atom. The van der Waals surface area contributed by atoms with Crippen molar-refractivity contribution in [1.29, 1.82) is 0 Å². The van der Waals surface area contributed by atoms with Crippen molar-refractivity contribution in [1.82, 2.24) is 5.32 Å². The van der Waals surface area contributed by atoms with Gasteiger partial charge in [-0.2, -0.15) is 0 Å². The third-order valence-corrected chi connectivity index (χ3v) is 3.33. The van der Waals surface area contributed by atoms with Gasteiger partial charge >= 0.3 is 5.97 Å². The van der Waals surface area contributed by atoms with E-state index in [2.05, 4.69) is 5.32 Å². The summed E-state index contributed by atoms with van der Waals surface area (Å²) >= 11 is 6.14. The fraction of sp³-hybridized carbons (Fsp3) is 0.417. The van der Waals surface area contributed by atoms with E-state index in [1.165, 1.54) is 7.11 Å². The standard InChI is InChI=1S/C12H14ClNO2/c1-16-12(15)11-9(6-7-14-11)8-4-2-3-5-10(8)13/h2-5,9,11,14H,6-7H2,1H3. The molecule has 1 aliphatic heterocycles. The zero-order chi connectivity index (χ0) is 11.5. The lowest BCUT2D eigenvalue weighted by atomic mass is 9.92. The summed E-state index contributed by atoms with van der Waals surface area (Å²) in [6, 6.07) is 7.37. The van der Waals surface area contributed by atoms with Gasteiger partial charge in [0.15, 0.2) is 0 Å². The zero-order valence-corrected chi connectivity index (χ0v) is 9.83. The van der Waals surface area contributed by atoms with Crippen molar-refractivity contribution in [2.24, 2.45) is 0 Å². The van der Waals surface area contributed by atoms with Crippen LogP contribution in [0.5, 0.6) is 0 Å². The number of ether oxygens (including phenoxy) is 1. The van der Waals surface area contributed by atoms with Crippen molar-refractivity contribution in [3.63, 3.8) is 0 Å². The van der Waals surface area contributed by atoms with Crippen molar-refractivity contribution >= 4 is 17.6 Å². The first-order chi connectivity index (χ1) is 7.74. The van der Waals surface area contributed by atoms with Crippen LogP contribution in [-0.2, 0) is 9.53 Å². The molecule has 3 nitrogen and oxygen atoms in total. The number of hydrogen-bond acceptors (Lipinski definition) is 3. The Balaban J connectivity index is 2.27. The summed E-state index contributed by atoms with van der Waals surface area (Å²) in [5, 5.41) is 3.86. The minimum Gasteiger partial charge on any atom is -0.468 e. The topological polar surface area (TPSA) is 38.3 Å². The summed E-state index contributed by atoms with van der Waals surface area (Å²) < 4.78 is 4.78. The quantitative estimate of drug-likeness (QED) is 0.802. The Labute approximate surface area is 99.7 Å². The largest absolute Gasteiger partial charge is 0.468 e. The van der Waals surface area contributed by atoms with Crippen LogP contribution in [0, 0.1) is 0 Å². The van der Waals surface area contributed by atoms with Crippen LogP contribution in [0.1, 0.15) is 17.9 Å². The predicted molar refractivity (Wildman–Crippen MR) is 62.6 cm³/mol. The molecule has 0 amide bonds. The summed E-state index contributed by atoms with van der Waals surface area (Å²) in [6.45, 7) is 0.815. The molecule has 2 atom stereocenters. The third kappa shape index (κ3) is 2.06. The van der Waals surface area contributed by atoms with E-state index in [0.29, 0.717) is 5.02 Å². The van der Waals surface area contributed by atoms with Crippen LogP contribution < -0.4 is 5.32 Å². The van der Waals surface area contributed by atoms with Crippen LogP contribution >= 0.6 is 11.6 Å². The number of esters is 1. The molecule has 1 fully saturated rings. The first kappa shape index (κ1) is 11.4. The van der Waals surface area contributed by atoms with E-state index in [-0.39, 0.29) is 17.9 Å². The van der Waals surface area contributed by atoms with Crippen molar-refractivity contribution in [3.8, 4) is 0 Å². The smallest absolute Gasteiger partial charge is 0.323 e. The van der Waals surface area contributed by atoms with Crippen molar-refractivity contribution in [2.75, 3.05) is 13.7 Å². The average molecular weight is 240 g/mol. The maximum atomic E-state index is 11.6. The summed E-state index contributed by atoms with van der Waals surface area (Å²) in [5.74, 6) is -0.108. The van der Waals surface area contributed by atoms with Gasteiger partial charge in [0.2, 0.25) is 0 Å². The van der Waals surface area contributed by atoms with E-state index in [9.17, 15) is 4.79 Å². The van der Waals surface area contributed by atoms with Crippen LogP contribution in [0.3, 0.4) is 0 Å². The van der Waals surface area contributed by atoms with Gasteiger partial charge < -0.3 is 10.1 Å². The Bertz CT molecular complexity index is 394. The summed E-state index contributed by atoms with van der Waals surface area (Å²) in [4.78, 5) is 11.6. The maximum Gasteiger partial charge on any atom is 0.323 e. The molecule has 0 bridgehead atoms. The molecule has 0 saturated carbocycles. The van der Waals surface area contributed by atoms with Crippen LogP contribution in [-0.4, -0.2) is 25.7 Å². The molecule has 1 heterocycles. The molecule has 1 aromatic carbocycles. The second kappa shape index (κ2) is 4.85. The van der Waals surface area contributed by atoms with Crippen molar-refractivity contribution < 1.29 is 9.53 Å². The Kier molecular flexibility index (Phi) is 3.46. The SMILES string of the molecule is COC(=O)C1NCCC1c1ccccc1Cl. The molecule has 1 N–H and O–H groups in total. The summed E-state index contributed by atoms with van der Waals surface area (Å²) in [5.41, 5.74) is 1.02. The highest BCUT2D eigenvalue weighted by molar-refractivity contribution is 6.31. The highest BCUT2D eigenvalue weighted by Crippen LogP contribution is 2.32. The van der Waals surface area contributed by atoms with E-state index in [1.54, 1.807) is 0 Å². The van der Waals surface area contributed by atoms with E-state index in [0.717, 1.165) is 18.5 Å². The lowest BCUT2D eigenvalue weighted by Gasteiger charge is -2.18. The van der Waals surface area contributed by atoms with Gasteiger partial charge in [0.25, 0.3) is 0 Å². The van der Waals surface area contributed by atoms with Gasteiger partial charge in [-0.1, -0.05) is 29.8 Å². The molecule has 0 aromatic heterocycles. The molecule has 2 rings (SSSR count). The molecular weight excluding hydrogens is 226 g/mol. The van der Waals surface area contributed by atoms with Gasteiger partial charge in [-0.05, 0) is 24.6 Å². The zero-order valence-electron chi connectivity index (χ0n) is 9.07. The highest BCUT2D eigenvalue weighted by atomic mass is 35.5. The first-order valence-electron chi connectivity index (χ1n) is 5.29. The minimum absolute atomic E-state index is 0.112. The summed E-state index contributed by atoms with van der Waals surface area (Å²) in [7, 11) is 1.41. The second-order valence-corrected chi connectivity index (χ2v) is 4.28. The van der Waals surface area contributed by atoms with Crippen LogP contribution in [0.4, 0.5) is 0 Å². The number of halogens is 1. The Hall–Kier alpha value is -1.06. The molecule has 1 aromatic rings. The van der Waals surface area contributed by atoms with Gasteiger partial charge in [-0.25, -0.2) is 0 Å². The van der Waals surface area contributed by atoms with Gasteiger partial charge in [-0.15, -0.1) is 0 Å². The van der Waals surface area contributed by atoms with Crippen LogP contribution in [0.25, 0.3) is 0 Å². The van der Waals surface area contributed by atoms with Gasteiger partial charge in [0, 0.05) is 10.9 Å². The lowest BCUT2D eigenvalue weighted by Crippen LogP contribution is -2.35. The molecule has 0 radical (unpaired) electrons. The van der Waals surface area contributed by atoms with Crippen molar-refractivity contribution in [2.45, 2.75) is 18.4 Å². The lowest BCUT2D eigenvalue weighted by molar-refractivity contribution is -0.143. The molecule has 0 aliphatic carbocycles. The number of carbonyl (C=O) groups is 1. The van der Waals surface area contributed by atoms with Gasteiger partial charge in [-0.3, -0.25) is 4.79 Å². The molecule has 0 spiro atoms. The molecule has 16 heavy (non-hydrogen) atoms. The fourth-order valence-corrected chi connectivity index (χ4v) is 2.46. The third-order valence-electron chi connectivity index (χ3n) is 2.98. The van der Waals surface area contributed by atoms with Crippen molar-refractivity contribution in [3.05, 3.63) is 34.9 Å². The van der Waals surface area contributed by atoms with Crippen LogP contribution in [0.2, 0.25) is 5.02 Å². The number of carbonyl (C=O) groups excluding carboxylic acids is 1. The molecule has 4 heteroatoms. The average Bonchev–Trinajstić information content (AvgIpc) is 2.77. The van der Waals surface area contributed by atoms with Crippen LogP contribution in [0.15, 0.2) is 24.3 Å². The highest BCUT2D eigenvalue weighted by Gasteiger charge is 2.35. The van der Waals surface area contributed by atoms with E-state index < -0.39 is 0 Å². The van der Waals surface area contributed by atoms with Gasteiger partial charge in [0.05, 0.1) is 7.11 Å². The normalized spacial score (nSPS) is 24.4. The number of rotatable bonds is 2. The number of benzene rings is 1. The number of hydrogen-bond donors (Lipinski definition) is 1. The molecule has 1 saturated heterocycles. The second-order valence-electron chi connectivity index (χ2n) is 3.87. The predicted octanol–water partition coefficient (Wildman–Crippen LogP) is 1.96. The first-order valence-corrected chi connectivity index (χ1v) is 5.67. The number of nitrogens with one attached hydrogen (secondary N) is 1. The monoisotopic (exact) mass is 239 g/mol. The molecule has 86 valence electrons. The Morgan fingerprint density at radius 3 is 2.94 bits per heavy atom. The Morgan fingerprint density at radius 2 is 2.25 bits per heavy atom. The minimum atomic E-state index is -0.273. The van der Waals surface area contributed by atoms with Gasteiger partial charge in [0.1, 0.15) is 6.04 Å². The number of methoxy groups -OCH3 is 1. The maximum absolute atomic E-state index is 11.6. The molecular formula is C12H14ClNO2.